The molecule has 0 amide bonds. The Morgan fingerprint density at radius 3 is 1.35 bits per heavy atom. The molecule has 0 fully saturated rings. The Hall–Kier alpha value is -10.7. The van der Waals surface area contributed by atoms with Crippen LogP contribution in [0.2, 0.25) is 0 Å². The van der Waals surface area contributed by atoms with E-state index in [4.69, 9.17) is 15.0 Å². The molecule has 74 heavy (non-hydrogen) atoms. The molecule has 0 radical (unpaired) electrons. The Bertz CT molecular complexity index is 4470. The Morgan fingerprint density at radius 2 is 0.784 bits per heavy atom. The van der Waals surface area contributed by atoms with E-state index >= 15 is 0 Å². The number of fused-ring (bicyclic) bond motifs is 6. The zero-order valence-corrected chi connectivity index (χ0v) is 39.5. The zero-order chi connectivity index (χ0) is 49.7. The van der Waals surface area contributed by atoms with E-state index in [1.54, 1.807) is 0 Å². The van der Waals surface area contributed by atoms with Gasteiger partial charge in [0.25, 0.3) is 0 Å². The molecule has 3 heterocycles. The van der Waals surface area contributed by atoms with E-state index in [2.05, 4.69) is 124 Å². The highest BCUT2D eigenvalue weighted by Crippen LogP contribution is 2.44. The van der Waals surface area contributed by atoms with Gasteiger partial charge in [-0.05, 0) is 113 Å². The van der Waals surface area contributed by atoms with E-state index < -0.39 is 0 Å². The maximum absolute atomic E-state index is 10.7. The number of benzene rings is 10. The lowest BCUT2D eigenvalue weighted by Gasteiger charge is -2.19. The Labute approximate surface area is 425 Å². The van der Waals surface area contributed by atoms with Crippen LogP contribution in [0, 0.1) is 34.0 Å². The van der Waals surface area contributed by atoms with Crippen LogP contribution in [0.4, 0.5) is 0 Å². The van der Waals surface area contributed by atoms with Crippen molar-refractivity contribution in [3.8, 4) is 97.1 Å². The largest absolute Gasteiger partial charge is 0.309 e. The van der Waals surface area contributed by atoms with Gasteiger partial charge in [0.1, 0.15) is 0 Å². The smallest absolute Gasteiger partial charge is 0.164 e. The van der Waals surface area contributed by atoms with Crippen LogP contribution in [0.5, 0.6) is 0 Å². The minimum absolute atomic E-state index is 0.471. The number of aromatic nitrogens is 5. The van der Waals surface area contributed by atoms with Crippen molar-refractivity contribution in [2.45, 2.75) is 0 Å². The number of rotatable bonds is 8. The predicted octanol–water partition coefficient (Wildman–Crippen LogP) is 15.7. The molecule has 0 saturated carbocycles. The molecule has 13 rings (SSSR count). The van der Waals surface area contributed by atoms with E-state index in [1.165, 1.54) is 0 Å². The maximum Gasteiger partial charge on any atom is 0.164 e. The van der Waals surface area contributed by atoms with Gasteiger partial charge in [0.2, 0.25) is 0 Å². The highest BCUT2D eigenvalue weighted by Gasteiger charge is 2.24. The maximum atomic E-state index is 10.7. The van der Waals surface area contributed by atoms with Crippen molar-refractivity contribution in [3.63, 3.8) is 0 Å². The number of para-hydroxylation sites is 2. The van der Waals surface area contributed by atoms with Gasteiger partial charge in [-0.1, -0.05) is 146 Å². The van der Waals surface area contributed by atoms with E-state index in [0.717, 1.165) is 105 Å². The van der Waals surface area contributed by atoms with Crippen LogP contribution in [0.25, 0.3) is 123 Å². The van der Waals surface area contributed by atoms with Gasteiger partial charge in [-0.25, -0.2) is 15.0 Å². The summed E-state index contributed by atoms with van der Waals surface area (Å²) in [6.07, 6.45) is 0. The standard InChI is InChI=1S/C66H38N8/c67-39-42-27-32-62(74-60-26-14-12-24-53(60)58-37-46(29-34-63(58)74)51-22-10-8-20-48(51)41-69)56(35-42)55-38-49(30-31-54(55)66-71-64(43-15-3-1-4-16-43)70-65(72-66)44-17-5-2-6-18-44)73-59-25-13-11-23-52(59)57-36-45(28-33-61(57)73)50-21-9-7-19-47(50)40-68/h1-38H. The Balaban J connectivity index is 1.11. The Morgan fingerprint density at radius 1 is 0.297 bits per heavy atom. The van der Waals surface area contributed by atoms with Gasteiger partial charge in [0, 0.05) is 49.5 Å². The average Bonchev–Trinajstić information content (AvgIpc) is 4.03. The first-order valence-electron chi connectivity index (χ1n) is 24.2. The number of hydrogen-bond donors (Lipinski definition) is 0. The van der Waals surface area contributed by atoms with Gasteiger partial charge in [-0.15, -0.1) is 0 Å². The van der Waals surface area contributed by atoms with E-state index in [-0.39, 0.29) is 0 Å². The zero-order valence-electron chi connectivity index (χ0n) is 39.5. The molecule has 3 aromatic heterocycles. The van der Waals surface area contributed by atoms with Crippen molar-refractivity contribution < 1.29 is 0 Å². The van der Waals surface area contributed by atoms with Crippen molar-refractivity contribution >= 4 is 43.6 Å². The fourth-order valence-corrected chi connectivity index (χ4v) is 10.5. The summed E-state index contributed by atoms with van der Waals surface area (Å²) in [4.78, 5) is 15.6. The summed E-state index contributed by atoms with van der Waals surface area (Å²) < 4.78 is 4.56. The highest BCUT2D eigenvalue weighted by atomic mass is 15.0. The normalized spacial score (nSPS) is 11.2. The molecule has 0 atom stereocenters. The highest BCUT2D eigenvalue weighted by molar-refractivity contribution is 6.12. The quantitative estimate of drug-likeness (QED) is 0.150. The third-order valence-electron chi connectivity index (χ3n) is 13.9. The van der Waals surface area contributed by atoms with Crippen molar-refractivity contribution in [2.75, 3.05) is 0 Å². The van der Waals surface area contributed by atoms with Crippen LogP contribution < -0.4 is 0 Å². The summed E-state index contributed by atoms with van der Waals surface area (Å²) in [5, 5.41) is 35.1. The first-order chi connectivity index (χ1) is 36.6. The third-order valence-corrected chi connectivity index (χ3v) is 13.9. The molecule has 342 valence electrons. The molecule has 0 aliphatic heterocycles. The second kappa shape index (κ2) is 17.9. The van der Waals surface area contributed by atoms with Crippen molar-refractivity contribution in [1.82, 2.24) is 24.1 Å². The molecule has 10 aromatic carbocycles. The van der Waals surface area contributed by atoms with Gasteiger partial charge in [0.05, 0.1) is 62.7 Å². The summed E-state index contributed by atoms with van der Waals surface area (Å²) in [7, 11) is 0. The minimum atomic E-state index is 0.471. The number of nitrogens with zero attached hydrogens (tertiary/aromatic N) is 8. The van der Waals surface area contributed by atoms with Crippen LogP contribution in [0.3, 0.4) is 0 Å². The lowest BCUT2D eigenvalue weighted by Crippen LogP contribution is -2.04. The second-order valence-corrected chi connectivity index (χ2v) is 18.1. The van der Waals surface area contributed by atoms with Gasteiger partial charge in [0.15, 0.2) is 17.5 Å². The molecule has 8 nitrogen and oxygen atoms in total. The second-order valence-electron chi connectivity index (χ2n) is 18.1. The molecule has 0 aliphatic rings. The molecule has 8 heteroatoms. The van der Waals surface area contributed by atoms with Crippen molar-refractivity contribution in [2.24, 2.45) is 0 Å². The molecular formula is C66H38N8. The summed E-state index contributed by atoms with van der Waals surface area (Å²) >= 11 is 0. The molecule has 0 spiro atoms. The molecule has 13 aromatic rings. The van der Waals surface area contributed by atoms with Crippen LogP contribution in [0.1, 0.15) is 16.7 Å². The lowest BCUT2D eigenvalue weighted by atomic mass is 9.94. The van der Waals surface area contributed by atoms with Gasteiger partial charge in [-0.3, -0.25) is 0 Å². The van der Waals surface area contributed by atoms with E-state index in [1.807, 2.05) is 133 Å². The van der Waals surface area contributed by atoms with Crippen LogP contribution in [0.15, 0.2) is 231 Å². The summed E-state index contributed by atoms with van der Waals surface area (Å²) in [6.45, 7) is 0. The molecule has 0 bridgehead atoms. The van der Waals surface area contributed by atoms with Crippen molar-refractivity contribution in [3.05, 3.63) is 247 Å². The molecule has 0 unspecified atom stereocenters. The molecular weight excluding hydrogens is 905 g/mol. The molecule has 0 aliphatic carbocycles. The minimum Gasteiger partial charge on any atom is -0.309 e. The first kappa shape index (κ1) is 43.3. The number of hydrogen-bond acceptors (Lipinski definition) is 6. The topological polar surface area (TPSA) is 120 Å². The van der Waals surface area contributed by atoms with Gasteiger partial charge >= 0.3 is 0 Å². The third kappa shape index (κ3) is 7.25. The monoisotopic (exact) mass is 942 g/mol. The first-order valence-corrected chi connectivity index (χ1v) is 24.2. The summed E-state index contributed by atoms with van der Waals surface area (Å²) in [5.41, 5.74) is 15.1. The summed E-state index contributed by atoms with van der Waals surface area (Å²) in [6, 6.07) is 84.3. The van der Waals surface area contributed by atoms with Crippen molar-refractivity contribution in [1.29, 1.82) is 15.8 Å². The van der Waals surface area contributed by atoms with Crippen LogP contribution in [-0.2, 0) is 0 Å². The van der Waals surface area contributed by atoms with E-state index in [0.29, 0.717) is 34.2 Å². The van der Waals surface area contributed by atoms with E-state index in [9.17, 15) is 15.8 Å². The summed E-state index contributed by atoms with van der Waals surface area (Å²) in [5.74, 6) is 1.53. The SMILES string of the molecule is N#Cc1ccc(-n2c3ccccc3c3cc(-c4ccccc4C#N)ccc32)c(-c2cc(-n3c4ccccc4c4cc(-c5ccccc5C#N)ccc43)ccc2-c2nc(-c3ccccc3)nc(-c3ccccc3)n2)c1. The van der Waals surface area contributed by atoms with Gasteiger partial charge in [-0.2, -0.15) is 15.8 Å². The van der Waals surface area contributed by atoms with Gasteiger partial charge < -0.3 is 9.13 Å². The van der Waals surface area contributed by atoms with Crippen LogP contribution >= 0.6 is 0 Å². The lowest BCUT2D eigenvalue weighted by molar-refractivity contribution is 1.07. The van der Waals surface area contributed by atoms with Crippen LogP contribution in [-0.4, -0.2) is 24.1 Å². The Kier molecular flexibility index (Phi) is 10.5. The molecule has 0 saturated heterocycles. The molecule has 0 N–H and O–H groups in total. The predicted molar refractivity (Wildman–Crippen MR) is 295 cm³/mol. The fourth-order valence-electron chi connectivity index (χ4n) is 10.5. The average molecular weight is 943 g/mol. The number of nitriles is 3. The fraction of sp³-hybridized carbons (Fsp3) is 0.